The fraction of sp³-hybridized carbons (Fsp3) is 0.200. The zero-order valence-corrected chi connectivity index (χ0v) is 17.6. The number of benzene rings is 3. The van der Waals surface area contributed by atoms with Crippen LogP contribution in [0.15, 0.2) is 72.8 Å². The average Bonchev–Trinajstić information content (AvgIpc) is 3.32. The lowest BCUT2D eigenvalue weighted by Crippen LogP contribution is -2.24. The molecule has 1 aliphatic rings. The molecule has 1 fully saturated rings. The van der Waals surface area contributed by atoms with E-state index in [0.717, 1.165) is 22.4 Å². The molecule has 1 aromatic heterocycles. The summed E-state index contributed by atoms with van der Waals surface area (Å²) in [7, 11) is 0. The number of hydrogen-bond donors (Lipinski definition) is 0. The van der Waals surface area contributed by atoms with Crippen molar-refractivity contribution in [3.8, 4) is 0 Å². The number of fused-ring (bicyclic) bond motifs is 1. The van der Waals surface area contributed by atoms with Gasteiger partial charge in [0.05, 0.1) is 17.6 Å². The van der Waals surface area contributed by atoms with Crippen molar-refractivity contribution in [3.63, 3.8) is 0 Å². The van der Waals surface area contributed by atoms with E-state index in [2.05, 4.69) is 0 Å². The molecule has 2 heterocycles. The highest BCUT2D eigenvalue weighted by molar-refractivity contribution is 6.31. The van der Waals surface area contributed by atoms with E-state index in [4.69, 9.17) is 16.6 Å². The van der Waals surface area contributed by atoms with Gasteiger partial charge in [0.1, 0.15) is 11.6 Å². The minimum Gasteiger partial charge on any atom is -0.338 e. The number of carbonyl (C=O) groups excluding carboxylic acids is 1. The van der Waals surface area contributed by atoms with Crippen molar-refractivity contribution in [3.05, 3.63) is 101 Å². The molecule has 0 spiro atoms. The number of likely N-dealkylation sites (tertiary alicyclic amines) is 1. The van der Waals surface area contributed by atoms with E-state index >= 15 is 0 Å². The van der Waals surface area contributed by atoms with Gasteiger partial charge in [-0.3, -0.25) is 4.79 Å². The Labute approximate surface area is 184 Å². The highest BCUT2D eigenvalue weighted by Gasteiger charge is 2.34. The number of nitrogens with zero attached hydrogens (tertiary/aromatic N) is 3. The van der Waals surface area contributed by atoms with E-state index < -0.39 is 0 Å². The van der Waals surface area contributed by atoms with Gasteiger partial charge in [0, 0.05) is 36.0 Å². The summed E-state index contributed by atoms with van der Waals surface area (Å²) in [6.07, 6.45) is 0.390. The number of para-hydroxylation sites is 2. The van der Waals surface area contributed by atoms with Crippen LogP contribution >= 0.6 is 11.6 Å². The second-order valence-corrected chi connectivity index (χ2v) is 8.31. The van der Waals surface area contributed by atoms with Crippen LogP contribution in [-0.4, -0.2) is 26.9 Å². The highest BCUT2D eigenvalue weighted by Crippen LogP contribution is 2.32. The minimum atomic E-state index is -0.343. The van der Waals surface area contributed by atoms with Gasteiger partial charge in [0.15, 0.2) is 0 Å². The summed E-state index contributed by atoms with van der Waals surface area (Å²) in [5.41, 5.74) is 3.27. The normalized spacial score (nSPS) is 16.4. The molecule has 156 valence electrons. The van der Waals surface area contributed by atoms with Gasteiger partial charge < -0.3 is 9.47 Å². The van der Waals surface area contributed by atoms with Crippen molar-refractivity contribution in [2.45, 2.75) is 25.4 Å². The van der Waals surface area contributed by atoms with E-state index in [1.807, 2.05) is 64.1 Å². The van der Waals surface area contributed by atoms with E-state index in [-0.39, 0.29) is 24.2 Å². The summed E-state index contributed by atoms with van der Waals surface area (Å²) in [6.45, 7) is 1.43. The average molecular weight is 434 g/mol. The topological polar surface area (TPSA) is 38.1 Å². The maximum Gasteiger partial charge on any atom is 0.223 e. The zero-order valence-electron chi connectivity index (χ0n) is 16.8. The molecular weight excluding hydrogens is 413 g/mol. The third-order valence-corrected chi connectivity index (χ3v) is 6.21. The summed E-state index contributed by atoms with van der Waals surface area (Å²) in [5.74, 6) is 0.499. The molecule has 1 aliphatic heterocycles. The molecule has 0 aliphatic carbocycles. The van der Waals surface area contributed by atoms with Crippen LogP contribution in [0.25, 0.3) is 11.0 Å². The highest BCUT2D eigenvalue weighted by atomic mass is 35.5. The Balaban J connectivity index is 1.50. The first kappa shape index (κ1) is 19.8. The molecular formula is C25H21ClFN3O. The Hall–Kier alpha value is -3.18. The molecule has 6 heteroatoms. The number of imidazole rings is 1. The molecule has 1 amide bonds. The van der Waals surface area contributed by atoms with Gasteiger partial charge in [-0.1, -0.05) is 60.1 Å². The molecule has 0 N–H and O–H groups in total. The van der Waals surface area contributed by atoms with Crippen LogP contribution in [0.3, 0.4) is 0 Å². The maximum absolute atomic E-state index is 14.5. The number of rotatable bonds is 5. The Bertz CT molecular complexity index is 1230. The monoisotopic (exact) mass is 433 g/mol. The SMILES string of the molecule is O=C1C[C@@H](c2nc3ccccc3n2Cc2c(F)cccc2Cl)CN1Cc1ccccc1. The lowest BCUT2D eigenvalue weighted by atomic mass is 10.1. The van der Waals surface area contributed by atoms with Gasteiger partial charge in [0.2, 0.25) is 5.91 Å². The Kier molecular flexibility index (Phi) is 5.20. The number of halogens is 2. The minimum absolute atomic E-state index is 0.0610. The summed E-state index contributed by atoms with van der Waals surface area (Å²) in [4.78, 5) is 19.5. The predicted molar refractivity (Wildman–Crippen MR) is 119 cm³/mol. The van der Waals surface area contributed by atoms with Gasteiger partial charge in [-0.2, -0.15) is 0 Å². The molecule has 0 unspecified atom stereocenters. The van der Waals surface area contributed by atoms with E-state index in [0.29, 0.717) is 30.1 Å². The first-order valence-electron chi connectivity index (χ1n) is 10.3. The smallest absolute Gasteiger partial charge is 0.223 e. The third-order valence-electron chi connectivity index (χ3n) is 5.86. The summed E-state index contributed by atoms with van der Waals surface area (Å²) < 4.78 is 16.5. The Morgan fingerprint density at radius 2 is 1.74 bits per heavy atom. The molecule has 4 aromatic rings. The van der Waals surface area contributed by atoms with Gasteiger partial charge in [-0.05, 0) is 29.8 Å². The predicted octanol–water partition coefficient (Wildman–Crippen LogP) is 5.39. The van der Waals surface area contributed by atoms with Crippen LogP contribution in [0.5, 0.6) is 0 Å². The van der Waals surface area contributed by atoms with Crippen LogP contribution in [0.2, 0.25) is 5.02 Å². The van der Waals surface area contributed by atoms with Crippen molar-refractivity contribution in [2.24, 2.45) is 0 Å². The molecule has 0 bridgehead atoms. The first-order chi connectivity index (χ1) is 15.1. The van der Waals surface area contributed by atoms with Crippen molar-refractivity contribution in [1.29, 1.82) is 0 Å². The molecule has 3 aromatic carbocycles. The largest absolute Gasteiger partial charge is 0.338 e. The standard InChI is InChI=1S/C25H21ClFN3O/c26-20-9-6-10-21(27)19(20)16-30-23-12-5-4-11-22(23)28-25(30)18-13-24(31)29(15-18)14-17-7-2-1-3-8-17/h1-12,18H,13-16H2/t18-/m1/s1. The van der Waals surface area contributed by atoms with Crippen molar-refractivity contribution < 1.29 is 9.18 Å². The Morgan fingerprint density at radius 1 is 0.968 bits per heavy atom. The maximum atomic E-state index is 14.5. The van der Waals surface area contributed by atoms with Gasteiger partial charge in [0.25, 0.3) is 0 Å². The van der Waals surface area contributed by atoms with Gasteiger partial charge >= 0.3 is 0 Å². The lowest BCUT2D eigenvalue weighted by molar-refractivity contribution is -0.128. The lowest BCUT2D eigenvalue weighted by Gasteiger charge is -2.18. The molecule has 1 saturated heterocycles. The fourth-order valence-corrected chi connectivity index (χ4v) is 4.54. The van der Waals surface area contributed by atoms with Crippen LogP contribution in [0.1, 0.15) is 29.3 Å². The number of hydrogen-bond acceptors (Lipinski definition) is 2. The zero-order chi connectivity index (χ0) is 21.4. The fourth-order valence-electron chi connectivity index (χ4n) is 4.32. The van der Waals surface area contributed by atoms with E-state index in [1.54, 1.807) is 12.1 Å². The van der Waals surface area contributed by atoms with Crippen LogP contribution < -0.4 is 0 Å². The van der Waals surface area contributed by atoms with E-state index in [9.17, 15) is 9.18 Å². The van der Waals surface area contributed by atoms with E-state index in [1.165, 1.54) is 6.07 Å². The van der Waals surface area contributed by atoms with Crippen molar-refractivity contribution >= 4 is 28.5 Å². The van der Waals surface area contributed by atoms with Gasteiger partial charge in [-0.15, -0.1) is 0 Å². The number of aromatic nitrogens is 2. The third kappa shape index (κ3) is 3.81. The van der Waals surface area contributed by atoms with Crippen LogP contribution in [0.4, 0.5) is 4.39 Å². The quantitative estimate of drug-likeness (QED) is 0.423. The molecule has 0 radical (unpaired) electrons. The Morgan fingerprint density at radius 3 is 2.55 bits per heavy atom. The second-order valence-electron chi connectivity index (χ2n) is 7.91. The first-order valence-corrected chi connectivity index (χ1v) is 10.7. The molecule has 0 saturated carbocycles. The van der Waals surface area contributed by atoms with Crippen LogP contribution in [0, 0.1) is 5.82 Å². The van der Waals surface area contributed by atoms with Crippen molar-refractivity contribution in [2.75, 3.05) is 6.54 Å². The molecule has 5 rings (SSSR count). The summed E-state index contributed by atoms with van der Waals surface area (Å²) in [5, 5.41) is 0.386. The van der Waals surface area contributed by atoms with Crippen molar-refractivity contribution in [1.82, 2.24) is 14.5 Å². The number of amides is 1. The number of carbonyl (C=O) groups is 1. The molecule has 31 heavy (non-hydrogen) atoms. The summed E-state index contributed by atoms with van der Waals surface area (Å²) in [6, 6.07) is 22.5. The summed E-state index contributed by atoms with van der Waals surface area (Å²) >= 11 is 6.31. The second kappa shape index (κ2) is 8.16. The molecule has 4 nitrogen and oxygen atoms in total. The van der Waals surface area contributed by atoms with Crippen LogP contribution in [-0.2, 0) is 17.9 Å². The van der Waals surface area contributed by atoms with Gasteiger partial charge in [-0.25, -0.2) is 9.37 Å². The molecule has 1 atom stereocenters.